The van der Waals surface area contributed by atoms with Crippen LogP contribution in [0, 0.1) is 0 Å². The van der Waals surface area contributed by atoms with Gasteiger partial charge < -0.3 is 10.2 Å². The Labute approximate surface area is 220 Å². The standard InChI is InChI=1S/C15H5F27O2/c16-2(4(18,19)7(24,25)6(22,23)3(17,1-43)15(41,42)44)5(20,21)8(26,27)9(28,29)10(30,31)11(32,33)12(34,35)13(36,37)14(38,39)40/h2,43-44H,1H2. The van der Waals surface area contributed by atoms with Crippen molar-refractivity contribution in [3.05, 3.63) is 0 Å². The monoisotopic (exact) mass is 730 g/mol. The zero-order valence-electron chi connectivity index (χ0n) is 18.9. The van der Waals surface area contributed by atoms with Crippen molar-refractivity contribution < 1.29 is 129 Å². The minimum absolute atomic E-state index is 4.02. The SMILES string of the molecule is OCC(F)(C(O)(F)F)C(F)(F)C(F)(F)C(F)(F)C(F)C(F)(F)C(F)(F)C(F)(F)C(F)(F)C(F)(F)C(F)(F)C(F)(F)C(F)(F)F. The first-order valence-corrected chi connectivity index (χ1v) is 9.35. The Morgan fingerprint density at radius 1 is 0.364 bits per heavy atom. The van der Waals surface area contributed by atoms with E-state index >= 15 is 0 Å². The van der Waals surface area contributed by atoms with Crippen molar-refractivity contribution in [2.24, 2.45) is 0 Å². The zero-order valence-corrected chi connectivity index (χ0v) is 18.9. The van der Waals surface area contributed by atoms with Gasteiger partial charge in [-0.3, -0.25) is 0 Å². The van der Waals surface area contributed by atoms with Gasteiger partial charge in [0.1, 0.15) is 0 Å². The summed E-state index contributed by atoms with van der Waals surface area (Å²) >= 11 is 0. The Bertz CT molecular complexity index is 1030. The number of aliphatic hydroxyl groups is 2. The Hall–Kier alpha value is -1.97. The van der Waals surface area contributed by atoms with Crippen LogP contribution in [0.15, 0.2) is 0 Å². The third-order valence-corrected chi connectivity index (χ3v) is 5.39. The van der Waals surface area contributed by atoms with E-state index < -0.39 is 90.0 Å². The fourth-order valence-corrected chi connectivity index (χ4v) is 2.56. The van der Waals surface area contributed by atoms with Crippen LogP contribution < -0.4 is 0 Å². The van der Waals surface area contributed by atoms with E-state index in [0.29, 0.717) is 0 Å². The van der Waals surface area contributed by atoms with E-state index in [1.54, 1.807) is 0 Å². The predicted octanol–water partition coefficient (Wildman–Crippen LogP) is 7.53. The lowest BCUT2D eigenvalue weighted by molar-refractivity contribution is -0.468. The highest BCUT2D eigenvalue weighted by molar-refractivity contribution is 5.19. The lowest BCUT2D eigenvalue weighted by Crippen LogP contribution is -2.77. The van der Waals surface area contributed by atoms with Crippen LogP contribution in [0.1, 0.15) is 0 Å². The van der Waals surface area contributed by atoms with Crippen molar-refractivity contribution in [1.29, 1.82) is 0 Å². The number of hydrogen-bond donors (Lipinski definition) is 2. The van der Waals surface area contributed by atoms with Crippen LogP contribution in [0.2, 0.25) is 0 Å². The van der Waals surface area contributed by atoms with Crippen LogP contribution in [0.3, 0.4) is 0 Å². The fraction of sp³-hybridized carbons (Fsp3) is 1.00. The van der Waals surface area contributed by atoms with Crippen LogP contribution in [0.25, 0.3) is 0 Å². The van der Waals surface area contributed by atoms with Gasteiger partial charge in [-0.25, -0.2) is 8.78 Å². The molecule has 0 aromatic rings. The second-order valence-corrected chi connectivity index (χ2v) is 8.20. The van der Waals surface area contributed by atoms with E-state index in [9.17, 15) is 119 Å². The molecule has 0 aromatic heterocycles. The third-order valence-electron chi connectivity index (χ3n) is 5.39. The molecule has 0 saturated carbocycles. The molecule has 0 fully saturated rings. The molecule has 2 unspecified atom stereocenters. The summed E-state index contributed by atoms with van der Waals surface area (Å²) in [5.41, 5.74) is -7.31. The Morgan fingerprint density at radius 2 is 0.591 bits per heavy atom. The maximum absolute atomic E-state index is 13.7. The summed E-state index contributed by atoms with van der Waals surface area (Å²) in [6.07, 6.45) is -23.3. The second kappa shape index (κ2) is 10.3. The largest absolute Gasteiger partial charge is 0.460 e. The molecule has 0 amide bonds. The molecule has 29 heteroatoms. The van der Waals surface area contributed by atoms with Gasteiger partial charge in [0.05, 0.1) is 6.61 Å². The molecular formula is C15H5F27O2. The topological polar surface area (TPSA) is 40.5 Å². The molecular weight excluding hydrogens is 725 g/mol. The Kier molecular flexibility index (Phi) is 9.81. The van der Waals surface area contributed by atoms with Crippen LogP contribution in [0.5, 0.6) is 0 Å². The molecule has 0 bridgehead atoms. The summed E-state index contributed by atoms with van der Waals surface area (Å²) in [6, 6.07) is 0. The summed E-state index contributed by atoms with van der Waals surface area (Å²) in [7, 11) is 0. The molecule has 2 nitrogen and oxygen atoms in total. The first-order valence-electron chi connectivity index (χ1n) is 9.35. The molecule has 266 valence electrons. The highest BCUT2D eigenvalue weighted by Gasteiger charge is 2.97. The molecule has 44 heavy (non-hydrogen) atoms. The van der Waals surface area contributed by atoms with E-state index in [0.717, 1.165) is 0 Å². The average molecular weight is 730 g/mol. The first kappa shape index (κ1) is 42.0. The maximum atomic E-state index is 13.7. The van der Waals surface area contributed by atoms with Crippen molar-refractivity contribution in [2.75, 3.05) is 6.61 Å². The van der Waals surface area contributed by atoms with Gasteiger partial charge in [0, 0.05) is 0 Å². The smallest absolute Gasteiger partial charge is 0.392 e. The van der Waals surface area contributed by atoms with Crippen LogP contribution in [-0.4, -0.2) is 100 Å². The van der Waals surface area contributed by atoms with Gasteiger partial charge in [0.2, 0.25) is 6.17 Å². The van der Waals surface area contributed by atoms with Gasteiger partial charge in [-0.05, 0) is 0 Å². The predicted molar refractivity (Wildman–Crippen MR) is 78.5 cm³/mol. The van der Waals surface area contributed by atoms with Gasteiger partial charge in [-0.15, -0.1) is 0 Å². The van der Waals surface area contributed by atoms with E-state index in [-0.39, 0.29) is 0 Å². The molecule has 0 saturated heterocycles. The minimum Gasteiger partial charge on any atom is -0.392 e. The quantitative estimate of drug-likeness (QED) is 0.193. The van der Waals surface area contributed by atoms with Crippen LogP contribution in [0.4, 0.5) is 119 Å². The molecule has 0 rings (SSSR count). The molecule has 0 aliphatic heterocycles. The molecule has 2 atom stereocenters. The van der Waals surface area contributed by atoms with E-state index in [2.05, 4.69) is 0 Å². The molecule has 0 aliphatic rings. The first-order chi connectivity index (χ1) is 18.5. The number of rotatable bonds is 13. The van der Waals surface area contributed by atoms with Gasteiger partial charge in [-0.1, -0.05) is 0 Å². The van der Waals surface area contributed by atoms with E-state index in [1.165, 1.54) is 0 Å². The molecule has 0 radical (unpaired) electrons. The summed E-state index contributed by atoms with van der Waals surface area (Å²) in [5, 5.41) is 15.9. The highest BCUT2D eigenvalue weighted by atomic mass is 19.4. The van der Waals surface area contributed by atoms with Crippen molar-refractivity contribution >= 4 is 0 Å². The number of halogens is 27. The molecule has 0 spiro atoms. The van der Waals surface area contributed by atoms with E-state index in [4.69, 9.17) is 10.2 Å². The zero-order chi connectivity index (χ0) is 36.8. The Balaban J connectivity index is 7.34. The lowest BCUT2D eigenvalue weighted by atomic mass is 9.83. The molecule has 0 heterocycles. The van der Waals surface area contributed by atoms with Crippen LogP contribution in [-0.2, 0) is 0 Å². The number of hydrogen-bond acceptors (Lipinski definition) is 2. The number of aliphatic hydroxyl groups excluding tert-OH is 1. The van der Waals surface area contributed by atoms with Crippen molar-refractivity contribution in [2.45, 2.75) is 83.4 Å². The third kappa shape index (κ3) is 4.86. The molecule has 2 N–H and O–H groups in total. The second-order valence-electron chi connectivity index (χ2n) is 8.20. The summed E-state index contributed by atoms with van der Waals surface area (Å²) in [6.45, 7) is -4.02. The summed E-state index contributed by atoms with van der Waals surface area (Å²) in [5.74, 6) is -91.2. The molecule has 0 aromatic carbocycles. The van der Waals surface area contributed by atoms with Crippen molar-refractivity contribution in [1.82, 2.24) is 0 Å². The van der Waals surface area contributed by atoms with Crippen molar-refractivity contribution in [3.8, 4) is 0 Å². The lowest BCUT2D eigenvalue weighted by Gasteiger charge is -2.45. The minimum atomic E-state index is -9.59. The van der Waals surface area contributed by atoms with Gasteiger partial charge >= 0.3 is 71.5 Å². The average Bonchev–Trinajstić information content (AvgIpc) is 2.79. The molecule has 0 aliphatic carbocycles. The normalized spacial score (nSPS) is 18.8. The van der Waals surface area contributed by atoms with Gasteiger partial charge in [-0.2, -0.15) is 110 Å². The highest BCUT2D eigenvalue weighted by Crippen LogP contribution is 2.66. The maximum Gasteiger partial charge on any atom is 0.460 e. The van der Waals surface area contributed by atoms with Gasteiger partial charge in [0.15, 0.2) is 0 Å². The number of alkyl halides is 27. The summed E-state index contributed by atoms with van der Waals surface area (Å²) in [4.78, 5) is 0. The van der Waals surface area contributed by atoms with E-state index in [1.807, 2.05) is 0 Å². The van der Waals surface area contributed by atoms with Crippen LogP contribution >= 0.6 is 0 Å². The van der Waals surface area contributed by atoms with Crippen molar-refractivity contribution in [3.63, 3.8) is 0 Å². The summed E-state index contributed by atoms with van der Waals surface area (Å²) < 4.78 is 357. The van der Waals surface area contributed by atoms with Gasteiger partial charge in [0.25, 0.3) is 5.67 Å². The Morgan fingerprint density at radius 3 is 0.818 bits per heavy atom. The fourth-order valence-electron chi connectivity index (χ4n) is 2.56.